The summed E-state index contributed by atoms with van der Waals surface area (Å²) in [5, 5.41) is 5.21. The quantitative estimate of drug-likeness (QED) is 0.678. The molecule has 1 atom stereocenters. The van der Waals surface area contributed by atoms with Crippen LogP contribution in [0.25, 0.3) is 0 Å². The second-order valence-electron chi connectivity index (χ2n) is 3.58. The fourth-order valence-electron chi connectivity index (χ4n) is 1.30. The van der Waals surface area contributed by atoms with E-state index in [-0.39, 0.29) is 12.0 Å². The van der Waals surface area contributed by atoms with Crippen molar-refractivity contribution in [2.24, 2.45) is 0 Å². The van der Waals surface area contributed by atoms with Gasteiger partial charge in [-0.3, -0.25) is 4.79 Å². The predicted molar refractivity (Wildman–Crippen MR) is 50.8 cm³/mol. The maximum absolute atomic E-state index is 11.2. The lowest BCUT2D eigenvalue weighted by molar-refractivity contribution is -0.124. The van der Waals surface area contributed by atoms with Gasteiger partial charge in [-0.05, 0) is 26.7 Å². The predicted octanol–water partition coefficient (Wildman–Crippen LogP) is 0.400. The molecule has 0 saturated carbocycles. The molecule has 14 heavy (non-hydrogen) atoms. The van der Waals surface area contributed by atoms with Gasteiger partial charge in [0.25, 0.3) is 0 Å². The SMILES string of the molecule is CC(C)OC(=O)NC1CCCNC1=O. The molecule has 0 bridgehead atoms. The maximum Gasteiger partial charge on any atom is 0.408 e. The van der Waals surface area contributed by atoms with E-state index < -0.39 is 12.1 Å². The van der Waals surface area contributed by atoms with E-state index in [0.29, 0.717) is 13.0 Å². The van der Waals surface area contributed by atoms with Crippen LogP contribution in [0.3, 0.4) is 0 Å². The highest BCUT2D eigenvalue weighted by molar-refractivity contribution is 5.86. The molecule has 2 N–H and O–H groups in total. The van der Waals surface area contributed by atoms with Crippen molar-refractivity contribution in [3.8, 4) is 0 Å². The zero-order valence-electron chi connectivity index (χ0n) is 8.50. The third-order valence-electron chi connectivity index (χ3n) is 1.92. The van der Waals surface area contributed by atoms with E-state index in [0.717, 1.165) is 6.42 Å². The molecule has 5 heteroatoms. The molecule has 2 amide bonds. The summed E-state index contributed by atoms with van der Waals surface area (Å²) in [4.78, 5) is 22.4. The van der Waals surface area contributed by atoms with Gasteiger partial charge in [0.1, 0.15) is 6.04 Å². The van der Waals surface area contributed by atoms with Crippen molar-refractivity contribution in [1.29, 1.82) is 0 Å². The zero-order chi connectivity index (χ0) is 10.6. The number of piperidine rings is 1. The topological polar surface area (TPSA) is 67.4 Å². The van der Waals surface area contributed by atoms with Crippen molar-refractivity contribution >= 4 is 12.0 Å². The first-order valence-electron chi connectivity index (χ1n) is 4.84. The van der Waals surface area contributed by atoms with Crippen LogP contribution in [0, 0.1) is 0 Å². The highest BCUT2D eigenvalue weighted by atomic mass is 16.6. The maximum atomic E-state index is 11.2. The Kier molecular flexibility index (Phi) is 3.73. The molecule has 0 aromatic rings. The van der Waals surface area contributed by atoms with Crippen LogP contribution in [0.5, 0.6) is 0 Å². The summed E-state index contributed by atoms with van der Waals surface area (Å²) in [5.41, 5.74) is 0. The van der Waals surface area contributed by atoms with Gasteiger partial charge in [-0.25, -0.2) is 4.79 Å². The molecule has 1 heterocycles. The number of ether oxygens (including phenoxy) is 1. The summed E-state index contributed by atoms with van der Waals surface area (Å²) in [7, 11) is 0. The van der Waals surface area contributed by atoms with E-state index in [4.69, 9.17) is 4.74 Å². The third kappa shape index (κ3) is 3.24. The Morgan fingerprint density at radius 1 is 1.64 bits per heavy atom. The van der Waals surface area contributed by atoms with Gasteiger partial charge < -0.3 is 15.4 Å². The van der Waals surface area contributed by atoms with Gasteiger partial charge in [0.15, 0.2) is 0 Å². The number of hydrogen-bond donors (Lipinski definition) is 2. The van der Waals surface area contributed by atoms with Crippen LogP contribution >= 0.6 is 0 Å². The van der Waals surface area contributed by atoms with Gasteiger partial charge in [0, 0.05) is 6.54 Å². The fraction of sp³-hybridized carbons (Fsp3) is 0.778. The normalized spacial score (nSPS) is 21.6. The van der Waals surface area contributed by atoms with Crippen molar-refractivity contribution in [3.05, 3.63) is 0 Å². The number of hydrogen-bond acceptors (Lipinski definition) is 3. The van der Waals surface area contributed by atoms with Gasteiger partial charge in [-0.15, -0.1) is 0 Å². The fourth-order valence-corrected chi connectivity index (χ4v) is 1.30. The summed E-state index contributed by atoms with van der Waals surface area (Å²) < 4.78 is 4.87. The first kappa shape index (κ1) is 10.8. The summed E-state index contributed by atoms with van der Waals surface area (Å²) in [6, 6.07) is -0.435. The molecule has 5 nitrogen and oxygen atoms in total. The average molecular weight is 200 g/mol. The minimum atomic E-state index is -0.526. The number of nitrogens with one attached hydrogen (secondary N) is 2. The van der Waals surface area contributed by atoms with E-state index in [1.165, 1.54) is 0 Å². The molecular weight excluding hydrogens is 184 g/mol. The first-order valence-corrected chi connectivity index (χ1v) is 4.84. The number of carbonyl (C=O) groups excluding carboxylic acids is 2. The van der Waals surface area contributed by atoms with Crippen LogP contribution in [0.4, 0.5) is 4.79 Å². The molecule has 0 spiro atoms. The summed E-state index contributed by atoms with van der Waals surface area (Å²) in [6.07, 6.45) is 0.876. The molecule has 0 aliphatic carbocycles. The third-order valence-corrected chi connectivity index (χ3v) is 1.92. The molecule has 1 aliphatic rings. The Bertz CT molecular complexity index is 228. The highest BCUT2D eigenvalue weighted by Crippen LogP contribution is 2.03. The van der Waals surface area contributed by atoms with Gasteiger partial charge in [0.05, 0.1) is 6.10 Å². The number of rotatable bonds is 2. The molecule has 0 aromatic carbocycles. The molecule has 80 valence electrons. The molecule has 1 fully saturated rings. The van der Waals surface area contributed by atoms with Crippen LogP contribution in [0.1, 0.15) is 26.7 Å². The van der Waals surface area contributed by atoms with Gasteiger partial charge >= 0.3 is 6.09 Å². The Balaban J connectivity index is 2.34. The molecule has 1 saturated heterocycles. The van der Waals surface area contributed by atoms with Gasteiger partial charge in [-0.2, -0.15) is 0 Å². The standard InChI is InChI=1S/C9H16N2O3/c1-6(2)14-9(13)11-7-4-3-5-10-8(7)12/h6-7H,3-5H2,1-2H3,(H,10,12)(H,11,13). The second kappa shape index (κ2) is 4.83. The van der Waals surface area contributed by atoms with Crippen LogP contribution < -0.4 is 10.6 Å². The van der Waals surface area contributed by atoms with Crippen LogP contribution in [0.2, 0.25) is 0 Å². The summed E-state index contributed by atoms with van der Waals surface area (Å²) in [5.74, 6) is -0.128. The highest BCUT2D eigenvalue weighted by Gasteiger charge is 2.24. The lowest BCUT2D eigenvalue weighted by Gasteiger charge is -2.22. The largest absolute Gasteiger partial charge is 0.447 e. The minimum absolute atomic E-state index is 0.128. The smallest absolute Gasteiger partial charge is 0.408 e. The van der Waals surface area contributed by atoms with Gasteiger partial charge in [0.2, 0.25) is 5.91 Å². The van der Waals surface area contributed by atoms with E-state index >= 15 is 0 Å². The number of alkyl carbamates (subject to hydrolysis) is 1. The second-order valence-corrected chi connectivity index (χ2v) is 3.58. The first-order chi connectivity index (χ1) is 6.59. The van der Waals surface area contributed by atoms with Crippen LogP contribution in [-0.2, 0) is 9.53 Å². The average Bonchev–Trinajstić information content (AvgIpc) is 2.07. The van der Waals surface area contributed by atoms with Gasteiger partial charge in [-0.1, -0.05) is 0 Å². The monoisotopic (exact) mass is 200 g/mol. The summed E-state index contributed by atoms with van der Waals surface area (Å²) >= 11 is 0. The van der Waals surface area contributed by atoms with E-state index in [2.05, 4.69) is 10.6 Å². The van der Waals surface area contributed by atoms with Crippen molar-refractivity contribution < 1.29 is 14.3 Å². The van der Waals surface area contributed by atoms with E-state index in [1.807, 2.05) is 0 Å². The minimum Gasteiger partial charge on any atom is -0.447 e. The molecule has 0 radical (unpaired) electrons. The van der Waals surface area contributed by atoms with E-state index in [1.54, 1.807) is 13.8 Å². The number of carbonyl (C=O) groups is 2. The Labute approximate surface area is 83.2 Å². The van der Waals surface area contributed by atoms with Crippen molar-refractivity contribution in [1.82, 2.24) is 10.6 Å². The molecular formula is C9H16N2O3. The Morgan fingerprint density at radius 3 is 2.93 bits per heavy atom. The molecule has 1 aliphatic heterocycles. The van der Waals surface area contributed by atoms with Crippen molar-refractivity contribution in [2.45, 2.75) is 38.8 Å². The lowest BCUT2D eigenvalue weighted by atomic mass is 10.1. The summed E-state index contributed by atoms with van der Waals surface area (Å²) in [6.45, 7) is 4.22. The molecule has 1 unspecified atom stereocenters. The zero-order valence-corrected chi connectivity index (χ0v) is 8.50. The lowest BCUT2D eigenvalue weighted by Crippen LogP contribution is -2.50. The van der Waals surface area contributed by atoms with Crippen LogP contribution in [0.15, 0.2) is 0 Å². The Morgan fingerprint density at radius 2 is 2.36 bits per heavy atom. The van der Waals surface area contributed by atoms with Crippen LogP contribution in [-0.4, -0.2) is 30.7 Å². The number of amides is 2. The van der Waals surface area contributed by atoms with E-state index in [9.17, 15) is 9.59 Å². The Hall–Kier alpha value is -1.26. The molecule has 1 rings (SSSR count). The van der Waals surface area contributed by atoms with Crippen molar-refractivity contribution in [2.75, 3.05) is 6.54 Å². The molecule has 0 aromatic heterocycles. The van der Waals surface area contributed by atoms with Crippen molar-refractivity contribution in [3.63, 3.8) is 0 Å².